The number of nitriles is 1. The van der Waals surface area contributed by atoms with Crippen molar-refractivity contribution in [3.05, 3.63) is 29.8 Å². The summed E-state index contributed by atoms with van der Waals surface area (Å²) in [7, 11) is 0. The van der Waals surface area contributed by atoms with Gasteiger partial charge in [0.05, 0.1) is 6.07 Å². The monoisotopic (exact) mass is 256 g/mol. The molecule has 0 spiro atoms. The Balaban J connectivity index is 2.26. The lowest BCUT2D eigenvalue weighted by Gasteiger charge is -2.44. The van der Waals surface area contributed by atoms with Crippen molar-refractivity contribution < 1.29 is 0 Å². The molecule has 2 unspecified atom stereocenters. The third-order valence-electron chi connectivity index (χ3n) is 3.99. The molecule has 1 aromatic rings. The average Bonchev–Trinajstić information content (AvgIpc) is 2.26. The highest BCUT2D eigenvalue weighted by Gasteiger charge is 2.43. The van der Waals surface area contributed by atoms with Crippen molar-refractivity contribution >= 4 is 5.69 Å². The maximum atomic E-state index is 9.71. The summed E-state index contributed by atoms with van der Waals surface area (Å²) < 4.78 is 0. The maximum Gasteiger partial charge on any atom is 0.126 e. The molecule has 1 fully saturated rings. The van der Waals surface area contributed by atoms with E-state index in [1.54, 1.807) is 0 Å². The standard InChI is InChI=1S/C17H24N2/c1-13-6-5-7-15(8-13)19-17(12-18)10-14(2)9-16(3,4)11-17/h5-8,14,19H,9-11H2,1-4H3. The number of rotatable bonds is 2. The van der Waals surface area contributed by atoms with Gasteiger partial charge in [-0.05, 0) is 55.2 Å². The van der Waals surface area contributed by atoms with Crippen LogP contribution in [0.25, 0.3) is 0 Å². The summed E-state index contributed by atoms with van der Waals surface area (Å²) in [5.74, 6) is 0.584. The van der Waals surface area contributed by atoms with Gasteiger partial charge < -0.3 is 5.32 Å². The van der Waals surface area contributed by atoms with E-state index in [9.17, 15) is 5.26 Å². The van der Waals surface area contributed by atoms with Crippen LogP contribution in [0.1, 0.15) is 45.6 Å². The molecule has 19 heavy (non-hydrogen) atoms. The van der Waals surface area contributed by atoms with Gasteiger partial charge in [-0.1, -0.05) is 32.9 Å². The molecule has 1 aliphatic rings. The normalized spacial score (nSPS) is 29.5. The van der Waals surface area contributed by atoms with Crippen molar-refractivity contribution in [3.63, 3.8) is 0 Å². The van der Waals surface area contributed by atoms with Gasteiger partial charge in [-0.15, -0.1) is 0 Å². The lowest BCUT2D eigenvalue weighted by molar-refractivity contribution is 0.149. The van der Waals surface area contributed by atoms with Gasteiger partial charge in [0.25, 0.3) is 0 Å². The van der Waals surface area contributed by atoms with Gasteiger partial charge in [0.15, 0.2) is 0 Å². The molecule has 1 N–H and O–H groups in total. The highest BCUT2D eigenvalue weighted by atomic mass is 15.0. The van der Waals surface area contributed by atoms with Crippen molar-refractivity contribution in [1.29, 1.82) is 5.26 Å². The van der Waals surface area contributed by atoms with Gasteiger partial charge >= 0.3 is 0 Å². The van der Waals surface area contributed by atoms with Crippen LogP contribution < -0.4 is 5.32 Å². The van der Waals surface area contributed by atoms with Gasteiger partial charge in [0, 0.05) is 5.69 Å². The van der Waals surface area contributed by atoms with Gasteiger partial charge in [-0.2, -0.15) is 5.26 Å². The molecule has 1 aliphatic carbocycles. The first-order valence-corrected chi connectivity index (χ1v) is 7.10. The zero-order valence-electron chi connectivity index (χ0n) is 12.5. The summed E-state index contributed by atoms with van der Waals surface area (Å²) in [6.45, 7) is 8.88. The van der Waals surface area contributed by atoms with Crippen molar-refractivity contribution in [2.45, 2.75) is 52.5 Å². The molecule has 0 aliphatic heterocycles. The number of anilines is 1. The van der Waals surface area contributed by atoms with E-state index in [4.69, 9.17) is 0 Å². The van der Waals surface area contributed by atoms with Crippen molar-refractivity contribution in [3.8, 4) is 6.07 Å². The SMILES string of the molecule is Cc1cccc(NC2(C#N)CC(C)CC(C)(C)C2)c1. The predicted molar refractivity (Wildman–Crippen MR) is 79.9 cm³/mol. The molecule has 0 amide bonds. The molecule has 0 heterocycles. The fraction of sp³-hybridized carbons (Fsp3) is 0.588. The van der Waals surface area contributed by atoms with E-state index in [0.29, 0.717) is 5.92 Å². The molecule has 0 bridgehead atoms. The van der Waals surface area contributed by atoms with Crippen LogP contribution in [0.15, 0.2) is 24.3 Å². The minimum absolute atomic E-state index is 0.226. The van der Waals surface area contributed by atoms with E-state index in [0.717, 1.165) is 18.5 Å². The van der Waals surface area contributed by atoms with Gasteiger partial charge in [0.1, 0.15) is 5.54 Å². The van der Waals surface area contributed by atoms with Crippen molar-refractivity contribution in [2.75, 3.05) is 5.32 Å². The first kappa shape index (κ1) is 13.9. The van der Waals surface area contributed by atoms with Gasteiger partial charge in [-0.3, -0.25) is 0 Å². The molecule has 0 radical (unpaired) electrons. The Bertz CT molecular complexity index is 498. The number of nitrogens with zero attached hydrogens (tertiary/aromatic N) is 1. The molecule has 2 rings (SSSR count). The fourth-order valence-electron chi connectivity index (χ4n) is 3.78. The Morgan fingerprint density at radius 3 is 2.63 bits per heavy atom. The van der Waals surface area contributed by atoms with E-state index < -0.39 is 5.54 Å². The van der Waals surface area contributed by atoms with Crippen LogP contribution in [0.4, 0.5) is 5.69 Å². The topological polar surface area (TPSA) is 35.8 Å². The zero-order valence-corrected chi connectivity index (χ0v) is 12.5. The first-order chi connectivity index (χ1) is 8.84. The van der Waals surface area contributed by atoms with Crippen LogP contribution in [0.2, 0.25) is 0 Å². The Morgan fingerprint density at radius 1 is 1.32 bits per heavy atom. The minimum atomic E-state index is -0.422. The van der Waals surface area contributed by atoms with E-state index in [-0.39, 0.29) is 5.41 Å². The summed E-state index contributed by atoms with van der Waals surface area (Å²) in [5.41, 5.74) is 2.09. The van der Waals surface area contributed by atoms with Crippen LogP contribution in [0, 0.1) is 29.6 Å². The number of hydrogen-bond donors (Lipinski definition) is 1. The molecular weight excluding hydrogens is 232 g/mol. The third-order valence-corrected chi connectivity index (χ3v) is 3.99. The summed E-state index contributed by atoms with van der Waals surface area (Å²) in [4.78, 5) is 0. The maximum absolute atomic E-state index is 9.71. The van der Waals surface area contributed by atoms with Crippen LogP contribution in [-0.2, 0) is 0 Å². The molecule has 2 heteroatoms. The minimum Gasteiger partial charge on any atom is -0.367 e. The Labute approximate surface area is 116 Å². The highest BCUT2D eigenvalue weighted by Crippen LogP contribution is 2.45. The summed E-state index contributed by atoms with van der Waals surface area (Å²) in [5, 5.41) is 13.2. The molecule has 0 aromatic heterocycles. The molecule has 1 aromatic carbocycles. The van der Waals surface area contributed by atoms with Crippen LogP contribution in [-0.4, -0.2) is 5.54 Å². The Kier molecular flexibility index (Phi) is 3.58. The molecular formula is C17H24N2. The molecule has 1 saturated carbocycles. The lowest BCUT2D eigenvalue weighted by Crippen LogP contribution is -2.46. The summed E-state index contributed by atoms with van der Waals surface area (Å²) >= 11 is 0. The van der Waals surface area contributed by atoms with Gasteiger partial charge in [-0.25, -0.2) is 0 Å². The van der Waals surface area contributed by atoms with Crippen LogP contribution in [0.5, 0.6) is 0 Å². The molecule has 2 atom stereocenters. The molecule has 102 valence electrons. The fourth-order valence-corrected chi connectivity index (χ4v) is 3.78. The van der Waals surface area contributed by atoms with E-state index in [2.05, 4.69) is 57.3 Å². The van der Waals surface area contributed by atoms with E-state index in [1.807, 2.05) is 6.07 Å². The second-order valence-corrected chi connectivity index (χ2v) is 7.04. The number of aryl methyl sites for hydroxylation is 1. The zero-order chi connectivity index (χ0) is 14.1. The number of nitrogens with one attached hydrogen (secondary N) is 1. The summed E-state index contributed by atoms with van der Waals surface area (Å²) in [6.07, 6.45) is 3.04. The third kappa shape index (κ3) is 3.29. The predicted octanol–water partition coefficient (Wildman–Crippen LogP) is 4.52. The van der Waals surface area contributed by atoms with E-state index in [1.165, 1.54) is 12.0 Å². The lowest BCUT2D eigenvalue weighted by atomic mass is 9.64. The van der Waals surface area contributed by atoms with Gasteiger partial charge in [0.2, 0.25) is 0 Å². The highest BCUT2D eigenvalue weighted by molar-refractivity contribution is 5.50. The Hall–Kier alpha value is -1.49. The summed E-state index contributed by atoms with van der Waals surface area (Å²) in [6, 6.07) is 10.9. The quantitative estimate of drug-likeness (QED) is 0.844. The number of benzene rings is 1. The second-order valence-electron chi connectivity index (χ2n) is 7.04. The Morgan fingerprint density at radius 2 is 2.05 bits per heavy atom. The average molecular weight is 256 g/mol. The molecule has 0 saturated heterocycles. The smallest absolute Gasteiger partial charge is 0.126 e. The first-order valence-electron chi connectivity index (χ1n) is 7.10. The largest absolute Gasteiger partial charge is 0.367 e. The van der Waals surface area contributed by atoms with Crippen LogP contribution >= 0.6 is 0 Å². The van der Waals surface area contributed by atoms with Crippen molar-refractivity contribution in [2.24, 2.45) is 11.3 Å². The van der Waals surface area contributed by atoms with Crippen LogP contribution in [0.3, 0.4) is 0 Å². The number of hydrogen-bond acceptors (Lipinski definition) is 2. The second kappa shape index (κ2) is 4.89. The van der Waals surface area contributed by atoms with E-state index >= 15 is 0 Å². The molecule has 2 nitrogen and oxygen atoms in total. The van der Waals surface area contributed by atoms with Crippen molar-refractivity contribution in [1.82, 2.24) is 0 Å².